The lowest BCUT2D eigenvalue weighted by molar-refractivity contribution is -0.00331. The Hall–Kier alpha value is -0.120. The summed E-state index contributed by atoms with van der Waals surface area (Å²) in [6.07, 6.45) is 6.36. The third-order valence-electron chi connectivity index (χ3n) is 2.94. The molecule has 1 heterocycles. The molecule has 90 valence electrons. The van der Waals surface area contributed by atoms with Crippen LogP contribution in [-0.4, -0.2) is 39.0 Å². The van der Waals surface area contributed by atoms with E-state index >= 15 is 0 Å². The molecule has 1 rings (SSSR count). The molecular weight excluding hydrogens is 190 g/mol. The number of ether oxygens (including phenoxy) is 2. The molecule has 0 radical (unpaired) electrons. The maximum absolute atomic E-state index is 5.71. The lowest BCUT2D eigenvalue weighted by Crippen LogP contribution is -2.39. The van der Waals surface area contributed by atoms with Crippen LogP contribution < -0.4 is 5.32 Å². The molecule has 0 spiro atoms. The highest BCUT2D eigenvalue weighted by Gasteiger charge is 2.20. The van der Waals surface area contributed by atoms with E-state index in [9.17, 15) is 0 Å². The smallest absolute Gasteiger partial charge is 0.0589 e. The van der Waals surface area contributed by atoms with E-state index < -0.39 is 0 Å². The summed E-state index contributed by atoms with van der Waals surface area (Å²) in [5.74, 6) is 0. The van der Waals surface area contributed by atoms with Crippen molar-refractivity contribution in [2.24, 2.45) is 0 Å². The van der Waals surface area contributed by atoms with Gasteiger partial charge in [0.1, 0.15) is 0 Å². The highest BCUT2D eigenvalue weighted by molar-refractivity contribution is 4.76. The van der Waals surface area contributed by atoms with E-state index in [1.165, 1.54) is 19.3 Å². The first kappa shape index (κ1) is 12.9. The van der Waals surface area contributed by atoms with Gasteiger partial charge in [0.15, 0.2) is 0 Å². The fourth-order valence-corrected chi connectivity index (χ4v) is 2.11. The van der Waals surface area contributed by atoms with Crippen LogP contribution in [0.5, 0.6) is 0 Å². The summed E-state index contributed by atoms with van der Waals surface area (Å²) in [6.45, 7) is 5.07. The van der Waals surface area contributed by atoms with Gasteiger partial charge >= 0.3 is 0 Å². The van der Waals surface area contributed by atoms with Crippen molar-refractivity contribution in [2.75, 3.05) is 26.9 Å². The zero-order chi connectivity index (χ0) is 10.9. The van der Waals surface area contributed by atoms with Crippen molar-refractivity contribution in [3.8, 4) is 0 Å². The molecule has 0 bridgehead atoms. The van der Waals surface area contributed by atoms with Crippen LogP contribution in [0, 0.1) is 0 Å². The molecule has 0 amide bonds. The molecule has 3 heteroatoms. The van der Waals surface area contributed by atoms with Gasteiger partial charge in [0.2, 0.25) is 0 Å². The molecule has 2 atom stereocenters. The number of methoxy groups -OCH3 is 1. The molecule has 1 saturated heterocycles. The second-order valence-corrected chi connectivity index (χ2v) is 4.30. The van der Waals surface area contributed by atoms with Gasteiger partial charge in [0.05, 0.1) is 6.10 Å². The summed E-state index contributed by atoms with van der Waals surface area (Å²) in [4.78, 5) is 0. The van der Waals surface area contributed by atoms with Gasteiger partial charge in [-0.25, -0.2) is 0 Å². The SMILES string of the molecule is CCCC1CC(NCCCOC)CCO1. The van der Waals surface area contributed by atoms with Gasteiger partial charge in [0.25, 0.3) is 0 Å². The van der Waals surface area contributed by atoms with Crippen molar-refractivity contribution in [3.63, 3.8) is 0 Å². The van der Waals surface area contributed by atoms with Crippen LogP contribution in [0.25, 0.3) is 0 Å². The Morgan fingerprint density at radius 2 is 2.33 bits per heavy atom. The Morgan fingerprint density at radius 1 is 1.47 bits per heavy atom. The fourth-order valence-electron chi connectivity index (χ4n) is 2.11. The fraction of sp³-hybridized carbons (Fsp3) is 1.00. The summed E-state index contributed by atoms with van der Waals surface area (Å²) in [5, 5.41) is 3.58. The molecule has 0 saturated carbocycles. The van der Waals surface area contributed by atoms with Gasteiger partial charge in [-0.1, -0.05) is 13.3 Å². The van der Waals surface area contributed by atoms with E-state index in [0.29, 0.717) is 12.1 Å². The molecule has 1 N–H and O–H groups in total. The minimum atomic E-state index is 0.490. The Labute approximate surface area is 93.5 Å². The first-order valence-electron chi connectivity index (χ1n) is 6.20. The third kappa shape index (κ3) is 5.50. The van der Waals surface area contributed by atoms with Crippen LogP contribution >= 0.6 is 0 Å². The maximum atomic E-state index is 5.71. The van der Waals surface area contributed by atoms with Gasteiger partial charge in [-0.3, -0.25) is 0 Å². The summed E-state index contributed by atoms with van der Waals surface area (Å²) < 4.78 is 10.7. The summed E-state index contributed by atoms with van der Waals surface area (Å²) in [7, 11) is 1.76. The van der Waals surface area contributed by atoms with Gasteiger partial charge in [-0.2, -0.15) is 0 Å². The topological polar surface area (TPSA) is 30.5 Å². The Balaban J connectivity index is 2.07. The Kier molecular flexibility index (Phi) is 6.98. The highest BCUT2D eigenvalue weighted by atomic mass is 16.5. The third-order valence-corrected chi connectivity index (χ3v) is 2.94. The maximum Gasteiger partial charge on any atom is 0.0589 e. The van der Waals surface area contributed by atoms with Crippen molar-refractivity contribution in [2.45, 2.75) is 51.2 Å². The molecule has 1 fully saturated rings. The average Bonchev–Trinajstić information content (AvgIpc) is 2.26. The largest absolute Gasteiger partial charge is 0.385 e. The molecule has 0 aliphatic carbocycles. The second-order valence-electron chi connectivity index (χ2n) is 4.30. The van der Waals surface area contributed by atoms with E-state index in [1.54, 1.807) is 7.11 Å². The number of hydrogen-bond donors (Lipinski definition) is 1. The molecule has 3 nitrogen and oxygen atoms in total. The molecule has 1 aliphatic rings. The number of nitrogens with one attached hydrogen (secondary N) is 1. The number of rotatable bonds is 7. The van der Waals surface area contributed by atoms with Gasteiger partial charge in [0, 0.05) is 26.4 Å². The first-order chi connectivity index (χ1) is 7.36. The molecule has 0 aromatic heterocycles. The van der Waals surface area contributed by atoms with Gasteiger partial charge in [-0.15, -0.1) is 0 Å². The molecule has 2 unspecified atom stereocenters. The Morgan fingerprint density at radius 3 is 3.07 bits per heavy atom. The average molecular weight is 215 g/mol. The van der Waals surface area contributed by atoms with Crippen LogP contribution in [0.15, 0.2) is 0 Å². The first-order valence-corrected chi connectivity index (χ1v) is 6.20. The van der Waals surface area contributed by atoms with Crippen molar-refractivity contribution in [3.05, 3.63) is 0 Å². The zero-order valence-corrected chi connectivity index (χ0v) is 10.1. The predicted octanol–water partition coefficient (Wildman–Crippen LogP) is 1.96. The van der Waals surface area contributed by atoms with Crippen molar-refractivity contribution >= 4 is 0 Å². The van der Waals surface area contributed by atoms with E-state index in [4.69, 9.17) is 9.47 Å². The standard InChI is InChI=1S/C12H25NO2/c1-3-5-12-10-11(6-9-15-12)13-7-4-8-14-2/h11-13H,3-10H2,1-2H3. The zero-order valence-electron chi connectivity index (χ0n) is 10.1. The minimum Gasteiger partial charge on any atom is -0.385 e. The summed E-state index contributed by atoms with van der Waals surface area (Å²) >= 11 is 0. The Bertz CT molecular complexity index is 151. The van der Waals surface area contributed by atoms with Gasteiger partial charge < -0.3 is 14.8 Å². The molecular formula is C12H25NO2. The molecule has 15 heavy (non-hydrogen) atoms. The van der Waals surface area contributed by atoms with E-state index in [-0.39, 0.29) is 0 Å². The van der Waals surface area contributed by atoms with Crippen LogP contribution in [0.4, 0.5) is 0 Å². The number of hydrogen-bond acceptors (Lipinski definition) is 3. The van der Waals surface area contributed by atoms with Crippen LogP contribution in [0.1, 0.15) is 39.0 Å². The molecule has 0 aromatic rings. The van der Waals surface area contributed by atoms with E-state index in [0.717, 1.165) is 32.6 Å². The lowest BCUT2D eigenvalue weighted by Gasteiger charge is -2.30. The normalized spacial score (nSPS) is 26.8. The van der Waals surface area contributed by atoms with E-state index in [1.807, 2.05) is 0 Å². The second kappa shape index (κ2) is 8.08. The minimum absolute atomic E-state index is 0.490. The monoisotopic (exact) mass is 215 g/mol. The summed E-state index contributed by atoms with van der Waals surface area (Å²) in [5.41, 5.74) is 0. The summed E-state index contributed by atoms with van der Waals surface area (Å²) in [6, 6.07) is 0.659. The van der Waals surface area contributed by atoms with Gasteiger partial charge in [-0.05, 0) is 32.2 Å². The van der Waals surface area contributed by atoms with E-state index in [2.05, 4.69) is 12.2 Å². The molecule has 0 aromatic carbocycles. The van der Waals surface area contributed by atoms with Crippen molar-refractivity contribution in [1.82, 2.24) is 5.32 Å². The van der Waals surface area contributed by atoms with Crippen LogP contribution in [-0.2, 0) is 9.47 Å². The quantitative estimate of drug-likeness (QED) is 0.659. The van der Waals surface area contributed by atoms with Crippen LogP contribution in [0.2, 0.25) is 0 Å². The lowest BCUT2D eigenvalue weighted by atomic mass is 10.00. The van der Waals surface area contributed by atoms with Crippen molar-refractivity contribution < 1.29 is 9.47 Å². The van der Waals surface area contributed by atoms with Crippen LogP contribution in [0.3, 0.4) is 0 Å². The predicted molar refractivity (Wildman–Crippen MR) is 62.2 cm³/mol. The highest BCUT2D eigenvalue weighted by Crippen LogP contribution is 2.17. The van der Waals surface area contributed by atoms with Crippen molar-refractivity contribution in [1.29, 1.82) is 0 Å². The molecule has 1 aliphatic heterocycles.